The van der Waals surface area contributed by atoms with Crippen molar-refractivity contribution in [1.29, 1.82) is 0 Å². The van der Waals surface area contributed by atoms with Crippen molar-refractivity contribution in [1.82, 2.24) is 14.4 Å². The molecule has 1 fully saturated rings. The molecule has 0 spiro atoms. The van der Waals surface area contributed by atoms with E-state index in [-0.39, 0.29) is 30.2 Å². The molecule has 3 rings (SSSR count). The second-order valence-electron chi connectivity index (χ2n) is 7.86. The van der Waals surface area contributed by atoms with E-state index in [0.29, 0.717) is 25.4 Å². The average Bonchev–Trinajstić information content (AvgIpc) is 3.18. The number of carbonyl (C=O) groups excluding carboxylic acids is 1. The van der Waals surface area contributed by atoms with Crippen LogP contribution in [0.2, 0.25) is 0 Å². The molecule has 7 heteroatoms. The Labute approximate surface area is 165 Å². The van der Waals surface area contributed by atoms with Crippen LogP contribution in [0.3, 0.4) is 0 Å². The predicted octanol–water partition coefficient (Wildman–Crippen LogP) is 1.88. The lowest BCUT2D eigenvalue weighted by molar-refractivity contribution is 0.0769. The third kappa shape index (κ3) is 3.92. The number of methoxy groups -OCH3 is 1. The standard InChI is InChI=1S/C21H30FN3O3/c1-14-18-9-17(22)5-6-19(18)24(3)20(14)21(27)25-11-15(16(12-25)13-26)10-23(2)7-8-28-4/h5-6,9,15-16,26H,7-8,10-13H2,1-4H3/t15-,16-/m1/s1. The highest BCUT2D eigenvalue weighted by molar-refractivity contribution is 6.01. The Balaban J connectivity index is 1.80. The Bertz CT molecular complexity index is 851. The summed E-state index contributed by atoms with van der Waals surface area (Å²) in [5.74, 6) is -0.0948. The number of likely N-dealkylation sites (tertiary alicyclic amines) is 1. The van der Waals surface area contributed by atoms with Gasteiger partial charge in [0.2, 0.25) is 0 Å². The SMILES string of the molecule is COCCN(C)C[C@@H]1CN(C(=O)c2c(C)c3cc(F)ccc3n2C)C[C@@H]1CO. The first-order chi connectivity index (χ1) is 13.4. The van der Waals surface area contributed by atoms with E-state index >= 15 is 0 Å². The van der Waals surface area contributed by atoms with Crippen LogP contribution in [0.4, 0.5) is 4.39 Å². The molecule has 0 radical (unpaired) electrons. The average molecular weight is 391 g/mol. The monoisotopic (exact) mass is 391 g/mol. The van der Waals surface area contributed by atoms with Gasteiger partial charge in [-0.15, -0.1) is 0 Å². The minimum atomic E-state index is -0.305. The fraction of sp³-hybridized carbons (Fsp3) is 0.571. The molecule has 1 aromatic heterocycles. The zero-order valence-electron chi connectivity index (χ0n) is 17.1. The first-order valence-corrected chi connectivity index (χ1v) is 9.69. The molecule has 2 heterocycles. The molecule has 0 bridgehead atoms. The van der Waals surface area contributed by atoms with Gasteiger partial charge in [0, 0.05) is 63.8 Å². The summed E-state index contributed by atoms with van der Waals surface area (Å²) in [5, 5.41) is 10.6. The zero-order valence-corrected chi connectivity index (χ0v) is 17.1. The van der Waals surface area contributed by atoms with Crippen LogP contribution in [0, 0.1) is 24.6 Å². The highest BCUT2D eigenvalue weighted by atomic mass is 19.1. The van der Waals surface area contributed by atoms with Crippen LogP contribution in [0.25, 0.3) is 10.9 Å². The van der Waals surface area contributed by atoms with E-state index < -0.39 is 0 Å². The molecule has 0 unspecified atom stereocenters. The van der Waals surface area contributed by atoms with E-state index in [1.54, 1.807) is 13.2 Å². The summed E-state index contributed by atoms with van der Waals surface area (Å²) < 4.78 is 20.6. The van der Waals surface area contributed by atoms with Crippen LogP contribution in [-0.2, 0) is 11.8 Å². The van der Waals surface area contributed by atoms with Crippen molar-refractivity contribution in [3.8, 4) is 0 Å². The molecule has 154 valence electrons. The summed E-state index contributed by atoms with van der Waals surface area (Å²) in [6.45, 7) is 5.34. The molecule has 2 atom stereocenters. The second-order valence-corrected chi connectivity index (χ2v) is 7.86. The largest absolute Gasteiger partial charge is 0.396 e. The Morgan fingerprint density at radius 1 is 1.36 bits per heavy atom. The van der Waals surface area contributed by atoms with Crippen LogP contribution in [0.1, 0.15) is 16.1 Å². The first-order valence-electron chi connectivity index (χ1n) is 9.69. The van der Waals surface area contributed by atoms with Gasteiger partial charge in [-0.3, -0.25) is 4.79 Å². The number of aliphatic hydroxyl groups is 1. The number of nitrogens with zero attached hydrogens (tertiary/aromatic N) is 3. The topological polar surface area (TPSA) is 57.9 Å². The fourth-order valence-electron chi connectivity index (χ4n) is 4.31. The summed E-state index contributed by atoms with van der Waals surface area (Å²) >= 11 is 0. The van der Waals surface area contributed by atoms with Crippen molar-refractivity contribution in [2.45, 2.75) is 6.92 Å². The highest BCUT2D eigenvalue weighted by Gasteiger charge is 2.37. The van der Waals surface area contributed by atoms with E-state index in [9.17, 15) is 14.3 Å². The number of carbonyl (C=O) groups is 1. The molecule has 6 nitrogen and oxygen atoms in total. The molecule has 0 aliphatic carbocycles. The number of aromatic nitrogens is 1. The van der Waals surface area contributed by atoms with Gasteiger partial charge in [0.15, 0.2) is 0 Å². The smallest absolute Gasteiger partial charge is 0.270 e. The van der Waals surface area contributed by atoms with Crippen LogP contribution >= 0.6 is 0 Å². The van der Waals surface area contributed by atoms with Crippen molar-refractivity contribution >= 4 is 16.8 Å². The van der Waals surface area contributed by atoms with E-state index in [1.807, 2.05) is 30.5 Å². The molecule has 1 amide bonds. The highest BCUT2D eigenvalue weighted by Crippen LogP contribution is 2.30. The van der Waals surface area contributed by atoms with Gasteiger partial charge in [-0.25, -0.2) is 4.39 Å². The number of hydrogen-bond donors (Lipinski definition) is 1. The minimum absolute atomic E-state index is 0.0568. The normalized spacial score (nSPS) is 19.9. The lowest BCUT2D eigenvalue weighted by atomic mass is 9.96. The van der Waals surface area contributed by atoms with Crippen molar-refractivity contribution in [2.75, 3.05) is 53.6 Å². The Morgan fingerprint density at radius 2 is 2.07 bits per heavy atom. The van der Waals surface area contributed by atoms with Crippen LogP contribution in [-0.4, -0.2) is 78.9 Å². The van der Waals surface area contributed by atoms with Gasteiger partial charge in [0.25, 0.3) is 5.91 Å². The summed E-state index contributed by atoms with van der Waals surface area (Å²) in [6, 6.07) is 4.61. The van der Waals surface area contributed by atoms with E-state index in [1.165, 1.54) is 12.1 Å². The molecule has 28 heavy (non-hydrogen) atoms. The van der Waals surface area contributed by atoms with Crippen molar-refractivity contribution < 1.29 is 19.0 Å². The number of likely N-dealkylation sites (N-methyl/N-ethyl adjacent to an activating group) is 1. The van der Waals surface area contributed by atoms with Gasteiger partial charge in [0.05, 0.1) is 6.61 Å². The first kappa shape index (κ1) is 20.8. The molecule has 1 N–H and O–H groups in total. The van der Waals surface area contributed by atoms with E-state index in [0.717, 1.165) is 29.6 Å². The van der Waals surface area contributed by atoms with Crippen LogP contribution in [0.15, 0.2) is 18.2 Å². The zero-order chi connectivity index (χ0) is 20.4. The lowest BCUT2D eigenvalue weighted by Crippen LogP contribution is -2.34. The van der Waals surface area contributed by atoms with Gasteiger partial charge in [0.1, 0.15) is 11.5 Å². The number of amides is 1. The van der Waals surface area contributed by atoms with Gasteiger partial charge >= 0.3 is 0 Å². The Kier molecular flexibility index (Phi) is 6.37. The molecule has 1 aromatic carbocycles. The van der Waals surface area contributed by atoms with Crippen LogP contribution < -0.4 is 0 Å². The van der Waals surface area contributed by atoms with Crippen molar-refractivity contribution in [2.24, 2.45) is 18.9 Å². The predicted molar refractivity (Wildman–Crippen MR) is 107 cm³/mol. The number of ether oxygens (including phenoxy) is 1. The van der Waals surface area contributed by atoms with Gasteiger partial charge in [-0.1, -0.05) is 0 Å². The number of aryl methyl sites for hydroxylation is 2. The summed E-state index contributed by atoms with van der Waals surface area (Å²) in [7, 11) is 5.55. The number of hydrogen-bond acceptors (Lipinski definition) is 4. The summed E-state index contributed by atoms with van der Waals surface area (Å²) in [4.78, 5) is 17.3. The summed E-state index contributed by atoms with van der Waals surface area (Å²) in [5.41, 5.74) is 2.23. The molecular weight excluding hydrogens is 361 g/mol. The maximum atomic E-state index is 13.7. The number of aliphatic hydroxyl groups excluding tert-OH is 1. The minimum Gasteiger partial charge on any atom is -0.396 e. The fourth-order valence-corrected chi connectivity index (χ4v) is 4.31. The number of halogens is 1. The van der Waals surface area contributed by atoms with Crippen LogP contribution in [0.5, 0.6) is 0 Å². The second kappa shape index (κ2) is 8.59. The maximum absolute atomic E-state index is 13.7. The van der Waals surface area contributed by atoms with E-state index in [4.69, 9.17) is 4.74 Å². The maximum Gasteiger partial charge on any atom is 0.270 e. The molecule has 1 aliphatic heterocycles. The van der Waals surface area contributed by atoms with Crippen molar-refractivity contribution in [3.63, 3.8) is 0 Å². The lowest BCUT2D eigenvalue weighted by Gasteiger charge is -2.23. The molecular formula is C21H30FN3O3. The number of fused-ring (bicyclic) bond motifs is 1. The number of rotatable bonds is 7. The third-order valence-corrected chi connectivity index (χ3v) is 5.94. The molecule has 0 saturated carbocycles. The molecule has 1 saturated heterocycles. The summed E-state index contributed by atoms with van der Waals surface area (Å²) in [6.07, 6.45) is 0. The van der Waals surface area contributed by atoms with Crippen molar-refractivity contribution in [3.05, 3.63) is 35.3 Å². The van der Waals surface area contributed by atoms with Gasteiger partial charge < -0.3 is 24.2 Å². The quantitative estimate of drug-likeness (QED) is 0.783. The van der Waals surface area contributed by atoms with Gasteiger partial charge in [-0.2, -0.15) is 0 Å². The van der Waals surface area contributed by atoms with Gasteiger partial charge in [-0.05, 0) is 43.7 Å². The Morgan fingerprint density at radius 3 is 2.75 bits per heavy atom. The molecule has 1 aliphatic rings. The van der Waals surface area contributed by atoms with E-state index in [2.05, 4.69) is 4.90 Å². The number of benzene rings is 1. The molecule has 2 aromatic rings. The Hall–Kier alpha value is -1.96. The third-order valence-electron chi connectivity index (χ3n) is 5.94.